The van der Waals surface area contributed by atoms with E-state index in [1.807, 2.05) is 12.1 Å². The Kier molecular flexibility index (Phi) is 2.81. The molecule has 0 radical (unpaired) electrons. The maximum absolute atomic E-state index is 6.35. The molecule has 2 aliphatic heterocycles. The second kappa shape index (κ2) is 4.31. The van der Waals surface area contributed by atoms with Crippen molar-refractivity contribution in [2.75, 3.05) is 19.7 Å². The normalized spacial score (nSPS) is 31.9. The molecule has 3 heteroatoms. The minimum atomic E-state index is -0.173. The van der Waals surface area contributed by atoms with Gasteiger partial charge in [0, 0.05) is 25.1 Å². The molecule has 0 bridgehead atoms. The van der Waals surface area contributed by atoms with E-state index < -0.39 is 0 Å². The van der Waals surface area contributed by atoms with Crippen LogP contribution in [-0.4, -0.2) is 25.8 Å². The number of hydrogen-bond acceptors (Lipinski definition) is 3. The first-order chi connectivity index (χ1) is 8.34. The number of fused-ring (bicyclic) bond motifs is 2. The van der Waals surface area contributed by atoms with Gasteiger partial charge in [-0.1, -0.05) is 25.1 Å². The Morgan fingerprint density at radius 1 is 1.41 bits per heavy atom. The first-order valence-corrected chi connectivity index (χ1v) is 6.45. The molecule has 2 aliphatic rings. The van der Waals surface area contributed by atoms with E-state index in [4.69, 9.17) is 9.47 Å². The maximum atomic E-state index is 6.35. The molecule has 1 spiro atoms. The van der Waals surface area contributed by atoms with Gasteiger partial charge < -0.3 is 14.8 Å². The molecule has 2 unspecified atom stereocenters. The van der Waals surface area contributed by atoms with Crippen molar-refractivity contribution in [1.29, 1.82) is 0 Å². The first-order valence-electron chi connectivity index (χ1n) is 6.45. The molecule has 1 aromatic rings. The van der Waals surface area contributed by atoms with E-state index in [0.29, 0.717) is 6.10 Å². The van der Waals surface area contributed by atoms with Gasteiger partial charge in [-0.2, -0.15) is 0 Å². The molecule has 2 atom stereocenters. The molecule has 17 heavy (non-hydrogen) atoms. The predicted molar refractivity (Wildman–Crippen MR) is 66.3 cm³/mol. The Labute approximate surface area is 102 Å². The van der Waals surface area contributed by atoms with E-state index >= 15 is 0 Å². The number of benzene rings is 1. The number of rotatable bonds is 1. The van der Waals surface area contributed by atoms with Crippen LogP contribution in [0, 0.1) is 0 Å². The molecule has 92 valence electrons. The summed E-state index contributed by atoms with van der Waals surface area (Å²) in [5.41, 5.74) is 1.03. The van der Waals surface area contributed by atoms with Crippen LogP contribution < -0.4 is 10.1 Å². The summed E-state index contributed by atoms with van der Waals surface area (Å²) in [6.07, 6.45) is 2.31. The summed E-state index contributed by atoms with van der Waals surface area (Å²) < 4.78 is 12.1. The van der Waals surface area contributed by atoms with Crippen molar-refractivity contribution >= 4 is 0 Å². The van der Waals surface area contributed by atoms with E-state index in [9.17, 15) is 0 Å². The Morgan fingerprint density at radius 3 is 3.18 bits per heavy atom. The highest BCUT2D eigenvalue weighted by Crippen LogP contribution is 2.41. The average Bonchev–Trinajstić information content (AvgIpc) is 2.40. The minimum absolute atomic E-state index is 0.173. The largest absolute Gasteiger partial charge is 0.493 e. The lowest BCUT2D eigenvalue weighted by molar-refractivity contribution is -0.138. The fourth-order valence-electron chi connectivity index (χ4n) is 2.80. The van der Waals surface area contributed by atoms with Crippen LogP contribution in [0.25, 0.3) is 0 Å². The summed E-state index contributed by atoms with van der Waals surface area (Å²) in [4.78, 5) is 0. The maximum Gasteiger partial charge on any atom is 0.125 e. The Bertz CT molecular complexity index is 407. The zero-order valence-electron chi connectivity index (χ0n) is 10.2. The summed E-state index contributed by atoms with van der Waals surface area (Å²) in [6, 6.07) is 8.25. The van der Waals surface area contributed by atoms with Gasteiger partial charge in [-0.3, -0.25) is 0 Å². The van der Waals surface area contributed by atoms with Crippen molar-refractivity contribution in [2.24, 2.45) is 0 Å². The topological polar surface area (TPSA) is 30.5 Å². The molecule has 1 saturated heterocycles. The number of hydrogen-bond donors (Lipinski definition) is 1. The molecule has 0 amide bonds. The third-order valence-electron chi connectivity index (χ3n) is 3.77. The quantitative estimate of drug-likeness (QED) is 0.805. The third kappa shape index (κ3) is 1.83. The average molecular weight is 233 g/mol. The van der Waals surface area contributed by atoms with Crippen molar-refractivity contribution in [3.8, 4) is 5.75 Å². The van der Waals surface area contributed by atoms with Crippen molar-refractivity contribution in [1.82, 2.24) is 5.32 Å². The molecular formula is C14H19NO2. The highest BCUT2D eigenvalue weighted by Gasteiger charge is 2.42. The summed E-state index contributed by atoms with van der Waals surface area (Å²) in [5, 5.41) is 3.51. The van der Waals surface area contributed by atoms with E-state index in [0.717, 1.165) is 38.3 Å². The standard InChI is InChI=1S/C14H19NO2/c1-2-11-9-15-10-14(17-11)7-8-16-13-6-4-3-5-12(13)14/h3-6,11,15H,2,7-10H2,1H3. The van der Waals surface area contributed by atoms with E-state index in [2.05, 4.69) is 24.4 Å². The van der Waals surface area contributed by atoms with Crippen LogP contribution in [0.4, 0.5) is 0 Å². The van der Waals surface area contributed by atoms with E-state index in [-0.39, 0.29) is 5.60 Å². The SMILES string of the molecule is CCC1CNCC2(CCOc3ccccc32)O1. The molecule has 2 heterocycles. The zero-order valence-corrected chi connectivity index (χ0v) is 10.2. The van der Waals surface area contributed by atoms with Gasteiger partial charge in [0.1, 0.15) is 11.4 Å². The van der Waals surface area contributed by atoms with Gasteiger partial charge in [0.15, 0.2) is 0 Å². The lowest BCUT2D eigenvalue weighted by atomic mass is 9.86. The van der Waals surface area contributed by atoms with Gasteiger partial charge in [0.05, 0.1) is 12.7 Å². The molecule has 1 N–H and O–H groups in total. The van der Waals surface area contributed by atoms with Crippen LogP contribution in [0.1, 0.15) is 25.3 Å². The van der Waals surface area contributed by atoms with Crippen molar-refractivity contribution in [2.45, 2.75) is 31.5 Å². The molecule has 1 aromatic carbocycles. The highest BCUT2D eigenvalue weighted by atomic mass is 16.5. The fraction of sp³-hybridized carbons (Fsp3) is 0.571. The number of para-hydroxylation sites is 1. The van der Waals surface area contributed by atoms with Gasteiger partial charge >= 0.3 is 0 Å². The number of ether oxygens (including phenoxy) is 2. The Morgan fingerprint density at radius 2 is 2.29 bits per heavy atom. The second-order valence-corrected chi connectivity index (χ2v) is 4.87. The monoisotopic (exact) mass is 233 g/mol. The van der Waals surface area contributed by atoms with Gasteiger partial charge in [0.25, 0.3) is 0 Å². The first kappa shape index (κ1) is 11.1. The summed E-state index contributed by atoms with van der Waals surface area (Å²) >= 11 is 0. The Balaban J connectivity index is 1.97. The van der Waals surface area contributed by atoms with Crippen LogP contribution in [0.2, 0.25) is 0 Å². The lowest BCUT2D eigenvalue weighted by Gasteiger charge is -2.44. The van der Waals surface area contributed by atoms with Crippen molar-refractivity contribution in [3.05, 3.63) is 29.8 Å². The number of nitrogens with one attached hydrogen (secondary N) is 1. The lowest BCUT2D eigenvalue weighted by Crippen LogP contribution is -2.53. The van der Waals surface area contributed by atoms with Crippen molar-refractivity contribution in [3.63, 3.8) is 0 Å². The molecule has 3 nitrogen and oxygen atoms in total. The van der Waals surface area contributed by atoms with Gasteiger partial charge in [0.2, 0.25) is 0 Å². The van der Waals surface area contributed by atoms with Gasteiger partial charge in [-0.05, 0) is 12.5 Å². The second-order valence-electron chi connectivity index (χ2n) is 4.87. The van der Waals surface area contributed by atoms with Crippen LogP contribution in [0.15, 0.2) is 24.3 Å². The third-order valence-corrected chi connectivity index (χ3v) is 3.77. The summed E-state index contributed by atoms with van der Waals surface area (Å²) in [6.45, 7) is 4.77. The minimum Gasteiger partial charge on any atom is -0.493 e. The van der Waals surface area contributed by atoms with Gasteiger partial charge in [-0.15, -0.1) is 0 Å². The molecule has 1 fully saturated rings. The Hall–Kier alpha value is -1.06. The number of morpholine rings is 1. The molecule has 0 aliphatic carbocycles. The van der Waals surface area contributed by atoms with Crippen LogP contribution in [0.3, 0.4) is 0 Å². The van der Waals surface area contributed by atoms with Crippen LogP contribution >= 0.6 is 0 Å². The van der Waals surface area contributed by atoms with Crippen LogP contribution in [0.5, 0.6) is 5.75 Å². The molecular weight excluding hydrogens is 214 g/mol. The fourth-order valence-corrected chi connectivity index (χ4v) is 2.80. The van der Waals surface area contributed by atoms with E-state index in [1.165, 1.54) is 5.56 Å². The van der Waals surface area contributed by atoms with Gasteiger partial charge in [-0.25, -0.2) is 0 Å². The summed E-state index contributed by atoms with van der Waals surface area (Å²) in [7, 11) is 0. The predicted octanol–water partition coefficient (Wildman–Crippen LogP) is 2.06. The molecule has 0 aromatic heterocycles. The summed E-state index contributed by atoms with van der Waals surface area (Å²) in [5.74, 6) is 0.984. The zero-order chi connectivity index (χ0) is 11.7. The smallest absolute Gasteiger partial charge is 0.125 e. The molecule has 0 saturated carbocycles. The highest BCUT2D eigenvalue weighted by molar-refractivity contribution is 5.40. The van der Waals surface area contributed by atoms with Crippen LogP contribution in [-0.2, 0) is 10.3 Å². The van der Waals surface area contributed by atoms with E-state index in [1.54, 1.807) is 0 Å². The van der Waals surface area contributed by atoms with Crippen molar-refractivity contribution < 1.29 is 9.47 Å². The molecule has 3 rings (SSSR count).